The van der Waals surface area contributed by atoms with Gasteiger partial charge in [-0.3, -0.25) is 4.79 Å². The van der Waals surface area contributed by atoms with E-state index in [0.717, 1.165) is 4.47 Å². The fourth-order valence-corrected chi connectivity index (χ4v) is 1.96. The molecule has 0 N–H and O–H groups in total. The van der Waals surface area contributed by atoms with Crippen LogP contribution in [-0.2, 0) is 0 Å². The molecule has 1 aromatic rings. The molecule has 0 spiro atoms. The lowest BCUT2D eigenvalue weighted by molar-refractivity contribution is 0.0987. The number of Topliss-reactive ketones (excluding diaryl/α,β-unsaturated/α-hetero) is 1. The van der Waals surface area contributed by atoms with E-state index in [1.54, 1.807) is 6.07 Å². The number of thiol groups is 1. The van der Waals surface area contributed by atoms with Crippen molar-refractivity contribution in [3.63, 3.8) is 0 Å². The van der Waals surface area contributed by atoms with Crippen LogP contribution in [0.4, 0.5) is 0 Å². The van der Waals surface area contributed by atoms with E-state index in [-0.39, 0.29) is 5.78 Å². The zero-order valence-corrected chi connectivity index (χ0v) is 10.8. The first-order chi connectivity index (χ1) is 6.16. The largest absolute Gasteiger partial charge is 0.294 e. The minimum atomic E-state index is 0.114. The normalized spacial score (nSPS) is 10.1. The highest BCUT2D eigenvalue weighted by Crippen LogP contribution is 2.25. The summed E-state index contributed by atoms with van der Waals surface area (Å²) in [6.07, 6.45) is 0.504. The third-order valence-electron chi connectivity index (χ3n) is 1.61. The van der Waals surface area contributed by atoms with E-state index in [4.69, 9.17) is 0 Å². The number of alkyl halides is 1. The summed E-state index contributed by atoms with van der Waals surface area (Å²) in [6, 6.07) is 5.50. The quantitative estimate of drug-likeness (QED) is 0.510. The minimum absolute atomic E-state index is 0.114. The van der Waals surface area contributed by atoms with E-state index >= 15 is 0 Å². The van der Waals surface area contributed by atoms with Crippen molar-refractivity contribution in [2.75, 3.05) is 5.33 Å². The Morgan fingerprint density at radius 1 is 1.46 bits per heavy atom. The summed E-state index contributed by atoms with van der Waals surface area (Å²) in [6.45, 7) is 0. The van der Waals surface area contributed by atoms with Crippen molar-refractivity contribution in [1.29, 1.82) is 0 Å². The van der Waals surface area contributed by atoms with Crippen LogP contribution in [0.2, 0.25) is 0 Å². The molecule has 0 aliphatic carbocycles. The maximum absolute atomic E-state index is 11.5. The van der Waals surface area contributed by atoms with Crippen LogP contribution >= 0.6 is 44.5 Å². The van der Waals surface area contributed by atoms with Crippen LogP contribution in [0.5, 0.6) is 0 Å². The van der Waals surface area contributed by atoms with E-state index in [1.807, 2.05) is 12.1 Å². The first-order valence-electron chi connectivity index (χ1n) is 3.73. The average molecular weight is 324 g/mol. The molecule has 0 fully saturated rings. The molecule has 4 heteroatoms. The van der Waals surface area contributed by atoms with Crippen molar-refractivity contribution < 1.29 is 4.79 Å². The van der Waals surface area contributed by atoms with Gasteiger partial charge in [-0.25, -0.2) is 0 Å². The molecule has 0 aliphatic heterocycles. The van der Waals surface area contributed by atoms with Crippen LogP contribution in [0.3, 0.4) is 0 Å². The van der Waals surface area contributed by atoms with Crippen molar-refractivity contribution in [2.45, 2.75) is 11.3 Å². The van der Waals surface area contributed by atoms with Gasteiger partial charge in [-0.05, 0) is 22.0 Å². The molecule has 0 aromatic heterocycles. The van der Waals surface area contributed by atoms with Gasteiger partial charge in [0.05, 0.1) is 0 Å². The first-order valence-corrected chi connectivity index (χ1v) is 6.09. The summed E-state index contributed by atoms with van der Waals surface area (Å²) < 4.78 is 0.858. The SMILES string of the molecule is O=C(CCBr)c1cccc(Br)c1S. The topological polar surface area (TPSA) is 17.1 Å². The number of hydrogen-bond donors (Lipinski definition) is 1. The number of ketones is 1. The van der Waals surface area contributed by atoms with Gasteiger partial charge in [0, 0.05) is 26.7 Å². The van der Waals surface area contributed by atoms with Gasteiger partial charge in [0.25, 0.3) is 0 Å². The summed E-state index contributed by atoms with van der Waals surface area (Å²) in [5, 5.41) is 0.686. The molecule has 0 bridgehead atoms. The molecule has 0 heterocycles. The fraction of sp³-hybridized carbons (Fsp3) is 0.222. The predicted molar refractivity (Wildman–Crippen MR) is 64.1 cm³/mol. The van der Waals surface area contributed by atoms with Gasteiger partial charge in [-0.15, -0.1) is 12.6 Å². The van der Waals surface area contributed by atoms with Crippen molar-refractivity contribution in [3.8, 4) is 0 Å². The highest BCUT2D eigenvalue weighted by molar-refractivity contribution is 9.10. The Kier molecular flexibility index (Phi) is 4.49. The lowest BCUT2D eigenvalue weighted by atomic mass is 10.1. The molecule has 0 unspecified atom stereocenters. The summed E-state index contributed by atoms with van der Waals surface area (Å²) in [5.41, 5.74) is 0.678. The van der Waals surface area contributed by atoms with E-state index in [0.29, 0.717) is 22.2 Å². The smallest absolute Gasteiger partial charge is 0.164 e. The van der Waals surface area contributed by atoms with Crippen LogP contribution in [0, 0.1) is 0 Å². The summed E-state index contributed by atoms with van der Waals surface area (Å²) >= 11 is 10.8. The van der Waals surface area contributed by atoms with Gasteiger partial charge in [-0.2, -0.15) is 0 Å². The predicted octanol–water partition coefficient (Wildman–Crippen LogP) is 3.71. The third kappa shape index (κ3) is 2.82. The highest BCUT2D eigenvalue weighted by Gasteiger charge is 2.09. The highest BCUT2D eigenvalue weighted by atomic mass is 79.9. The van der Waals surface area contributed by atoms with Gasteiger partial charge in [0.15, 0.2) is 5.78 Å². The zero-order valence-electron chi connectivity index (χ0n) is 6.76. The van der Waals surface area contributed by atoms with Crippen LogP contribution in [-0.4, -0.2) is 11.1 Å². The third-order valence-corrected chi connectivity index (χ3v) is 3.45. The number of benzene rings is 1. The molecule has 0 saturated carbocycles. The number of halogens is 2. The van der Waals surface area contributed by atoms with Gasteiger partial charge < -0.3 is 0 Å². The van der Waals surface area contributed by atoms with Crippen molar-refractivity contribution in [3.05, 3.63) is 28.2 Å². The molecule has 1 aromatic carbocycles. The van der Waals surface area contributed by atoms with Crippen LogP contribution in [0.15, 0.2) is 27.6 Å². The second-order valence-electron chi connectivity index (χ2n) is 2.50. The molecule has 70 valence electrons. The van der Waals surface area contributed by atoms with E-state index in [2.05, 4.69) is 44.5 Å². The molecule has 1 rings (SSSR count). The second kappa shape index (κ2) is 5.17. The Morgan fingerprint density at radius 2 is 2.15 bits per heavy atom. The maximum Gasteiger partial charge on any atom is 0.164 e. The Balaban J connectivity index is 3.01. The lowest BCUT2D eigenvalue weighted by Crippen LogP contribution is -2.00. The van der Waals surface area contributed by atoms with Crippen molar-refractivity contribution >= 4 is 50.3 Å². The van der Waals surface area contributed by atoms with Gasteiger partial charge in [-0.1, -0.05) is 28.1 Å². The summed E-state index contributed by atoms with van der Waals surface area (Å²) in [4.78, 5) is 12.2. The number of carbonyl (C=O) groups is 1. The molecule has 0 atom stereocenters. The maximum atomic E-state index is 11.5. The van der Waals surface area contributed by atoms with Crippen LogP contribution in [0.25, 0.3) is 0 Å². The average Bonchev–Trinajstić information content (AvgIpc) is 2.10. The van der Waals surface area contributed by atoms with Gasteiger partial charge >= 0.3 is 0 Å². The Hall–Kier alpha value is 0.200. The van der Waals surface area contributed by atoms with Crippen LogP contribution in [0.1, 0.15) is 16.8 Å². The van der Waals surface area contributed by atoms with E-state index in [9.17, 15) is 4.79 Å². The van der Waals surface area contributed by atoms with E-state index in [1.165, 1.54) is 0 Å². The molecule has 0 saturated heterocycles. The molecular formula is C9H8Br2OS. The number of rotatable bonds is 3. The fourth-order valence-electron chi connectivity index (χ4n) is 0.961. The minimum Gasteiger partial charge on any atom is -0.294 e. The molecule has 1 nitrogen and oxygen atoms in total. The number of hydrogen-bond acceptors (Lipinski definition) is 2. The van der Waals surface area contributed by atoms with Crippen molar-refractivity contribution in [2.24, 2.45) is 0 Å². The summed E-state index contributed by atoms with van der Waals surface area (Å²) in [7, 11) is 0. The Bertz CT molecular complexity index is 325. The van der Waals surface area contributed by atoms with Crippen LogP contribution < -0.4 is 0 Å². The molecule has 0 radical (unpaired) electrons. The molecule has 0 aliphatic rings. The standard InChI is InChI=1S/C9H8Br2OS/c10-5-4-8(12)6-2-1-3-7(11)9(6)13/h1-3,13H,4-5H2. The van der Waals surface area contributed by atoms with E-state index < -0.39 is 0 Å². The van der Waals surface area contributed by atoms with Crippen molar-refractivity contribution in [1.82, 2.24) is 0 Å². The lowest BCUT2D eigenvalue weighted by Gasteiger charge is -2.03. The monoisotopic (exact) mass is 322 g/mol. The molecular weight excluding hydrogens is 316 g/mol. The molecule has 13 heavy (non-hydrogen) atoms. The Morgan fingerprint density at radius 3 is 2.77 bits per heavy atom. The number of carbonyl (C=O) groups excluding carboxylic acids is 1. The van der Waals surface area contributed by atoms with Gasteiger partial charge in [0.2, 0.25) is 0 Å². The Labute approximate surface area is 99.6 Å². The second-order valence-corrected chi connectivity index (χ2v) is 4.59. The summed E-state index contributed by atoms with van der Waals surface area (Å²) in [5.74, 6) is 0.114. The molecule has 0 amide bonds. The first kappa shape index (κ1) is 11.3. The zero-order chi connectivity index (χ0) is 9.84. The van der Waals surface area contributed by atoms with Gasteiger partial charge in [0.1, 0.15) is 0 Å².